The molecule has 2 N–H and O–H groups in total. The summed E-state index contributed by atoms with van der Waals surface area (Å²) in [7, 11) is -3.10. The molecule has 1 rings (SSSR count). The number of hydrogen-bond donors (Lipinski definition) is 1. The van der Waals surface area contributed by atoms with E-state index in [1.807, 2.05) is 24.3 Å². The van der Waals surface area contributed by atoms with Gasteiger partial charge in [0, 0.05) is 16.8 Å². The van der Waals surface area contributed by atoms with Crippen molar-refractivity contribution in [2.45, 2.75) is 18.2 Å². The van der Waals surface area contributed by atoms with Crippen molar-refractivity contribution in [2.24, 2.45) is 5.73 Å². The molecule has 1 aromatic carbocycles. The highest BCUT2D eigenvalue weighted by Crippen LogP contribution is 2.21. The number of rotatable bonds is 3. The van der Waals surface area contributed by atoms with Gasteiger partial charge in [-0.25, -0.2) is 8.42 Å². The molecular weight excluding hydrogens is 278 g/mol. The molecule has 0 aliphatic carbocycles. The van der Waals surface area contributed by atoms with Gasteiger partial charge >= 0.3 is 0 Å². The highest BCUT2D eigenvalue weighted by atomic mass is 79.9. The van der Waals surface area contributed by atoms with E-state index in [9.17, 15) is 8.42 Å². The second-order valence-corrected chi connectivity index (χ2v) is 6.93. The van der Waals surface area contributed by atoms with Crippen LogP contribution in [0.3, 0.4) is 0 Å². The quantitative estimate of drug-likeness (QED) is 0.925. The molecule has 0 aliphatic heterocycles. The van der Waals surface area contributed by atoms with Gasteiger partial charge in [0.2, 0.25) is 0 Å². The molecule has 0 saturated carbocycles. The molecule has 0 amide bonds. The lowest BCUT2D eigenvalue weighted by molar-refractivity contribution is 0.571. The molecule has 3 nitrogen and oxygen atoms in total. The van der Waals surface area contributed by atoms with Gasteiger partial charge in [-0.3, -0.25) is 0 Å². The number of halogens is 1. The first kappa shape index (κ1) is 12.7. The maximum atomic E-state index is 11.3. The fourth-order valence-electron chi connectivity index (χ4n) is 1.22. The first-order chi connectivity index (χ1) is 6.82. The Bertz CT molecular complexity index is 427. The minimum atomic E-state index is -3.10. The van der Waals surface area contributed by atoms with Gasteiger partial charge in [0.05, 0.1) is 5.25 Å². The van der Waals surface area contributed by atoms with Crippen LogP contribution in [0.25, 0.3) is 0 Å². The summed E-state index contributed by atoms with van der Waals surface area (Å²) in [6, 6.07) is 6.88. The predicted octanol–water partition coefficient (Wildman–Crippen LogP) is 1.88. The van der Waals surface area contributed by atoms with Crippen LogP contribution in [0.4, 0.5) is 0 Å². The van der Waals surface area contributed by atoms with Crippen molar-refractivity contribution in [3.05, 3.63) is 34.3 Å². The summed E-state index contributed by atoms with van der Waals surface area (Å²) >= 11 is 3.31. The monoisotopic (exact) mass is 291 g/mol. The summed E-state index contributed by atoms with van der Waals surface area (Å²) in [5, 5.41) is -0.571. The van der Waals surface area contributed by atoms with E-state index in [4.69, 9.17) is 5.73 Å². The van der Waals surface area contributed by atoms with E-state index in [1.54, 1.807) is 6.92 Å². The average molecular weight is 292 g/mol. The van der Waals surface area contributed by atoms with E-state index in [0.29, 0.717) is 0 Å². The van der Waals surface area contributed by atoms with Gasteiger partial charge in [0.15, 0.2) is 9.84 Å². The van der Waals surface area contributed by atoms with E-state index in [2.05, 4.69) is 15.9 Å². The van der Waals surface area contributed by atoms with Gasteiger partial charge in [-0.2, -0.15) is 0 Å². The lowest BCUT2D eigenvalue weighted by Gasteiger charge is -2.18. The first-order valence-corrected chi connectivity index (χ1v) is 7.27. The Morgan fingerprint density at radius 2 is 1.73 bits per heavy atom. The fraction of sp³-hybridized carbons (Fsp3) is 0.400. The Labute approximate surface area is 98.7 Å². The Kier molecular flexibility index (Phi) is 3.92. The van der Waals surface area contributed by atoms with E-state index in [1.165, 1.54) is 6.26 Å². The van der Waals surface area contributed by atoms with E-state index in [0.717, 1.165) is 10.0 Å². The van der Waals surface area contributed by atoms with Crippen molar-refractivity contribution in [2.75, 3.05) is 6.26 Å². The van der Waals surface area contributed by atoms with Crippen LogP contribution in [0, 0.1) is 0 Å². The van der Waals surface area contributed by atoms with Gasteiger partial charge in [0.1, 0.15) is 0 Å². The third kappa shape index (κ3) is 3.29. The molecule has 2 atom stereocenters. The maximum absolute atomic E-state index is 11.3. The van der Waals surface area contributed by atoms with E-state index in [-0.39, 0.29) is 0 Å². The van der Waals surface area contributed by atoms with E-state index >= 15 is 0 Å². The fourth-order valence-corrected chi connectivity index (χ4v) is 2.18. The lowest BCUT2D eigenvalue weighted by atomic mass is 10.1. The van der Waals surface area contributed by atoms with Gasteiger partial charge in [0.25, 0.3) is 0 Å². The summed E-state index contributed by atoms with van der Waals surface area (Å²) in [6.07, 6.45) is 1.20. The van der Waals surface area contributed by atoms with Gasteiger partial charge in [-0.1, -0.05) is 28.1 Å². The summed E-state index contributed by atoms with van der Waals surface area (Å²) in [6.45, 7) is 1.63. The van der Waals surface area contributed by atoms with Crippen LogP contribution < -0.4 is 5.73 Å². The Hall–Kier alpha value is -0.390. The van der Waals surface area contributed by atoms with Crippen molar-refractivity contribution >= 4 is 25.8 Å². The Balaban J connectivity index is 2.95. The van der Waals surface area contributed by atoms with Crippen LogP contribution in [-0.4, -0.2) is 19.9 Å². The standard InChI is InChI=1S/C10H14BrNO2S/c1-7(15(2,13)14)10(12)8-3-5-9(11)6-4-8/h3-7,10H,12H2,1-2H3. The first-order valence-electron chi connectivity index (χ1n) is 4.52. The summed E-state index contributed by atoms with van der Waals surface area (Å²) in [5.41, 5.74) is 6.71. The minimum Gasteiger partial charge on any atom is -0.323 e. The minimum absolute atomic E-state index is 0.479. The largest absolute Gasteiger partial charge is 0.323 e. The maximum Gasteiger partial charge on any atom is 0.151 e. The Morgan fingerprint density at radius 3 is 2.13 bits per heavy atom. The summed E-state index contributed by atoms with van der Waals surface area (Å²) < 4.78 is 23.6. The number of nitrogens with two attached hydrogens (primary N) is 1. The molecular formula is C10H14BrNO2S. The molecule has 0 spiro atoms. The summed E-state index contributed by atoms with van der Waals surface area (Å²) in [5.74, 6) is 0. The van der Waals surface area contributed by atoms with Crippen LogP contribution in [0.15, 0.2) is 28.7 Å². The van der Waals surface area contributed by atoms with Crippen LogP contribution >= 0.6 is 15.9 Å². The predicted molar refractivity (Wildman–Crippen MR) is 65.4 cm³/mol. The Morgan fingerprint density at radius 1 is 1.27 bits per heavy atom. The second kappa shape index (κ2) is 4.63. The van der Waals surface area contributed by atoms with E-state index < -0.39 is 21.1 Å². The molecule has 1 aromatic rings. The highest BCUT2D eigenvalue weighted by Gasteiger charge is 2.23. The van der Waals surface area contributed by atoms with Gasteiger partial charge in [-0.05, 0) is 24.6 Å². The van der Waals surface area contributed by atoms with Crippen molar-refractivity contribution in [1.82, 2.24) is 0 Å². The van der Waals surface area contributed by atoms with Crippen molar-refractivity contribution in [3.63, 3.8) is 0 Å². The molecule has 0 aliphatic rings. The highest BCUT2D eigenvalue weighted by molar-refractivity contribution is 9.10. The zero-order chi connectivity index (χ0) is 11.6. The average Bonchev–Trinajstić information content (AvgIpc) is 2.15. The lowest BCUT2D eigenvalue weighted by Crippen LogP contribution is -2.30. The zero-order valence-electron chi connectivity index (χ0n) is 8.64. The smallest absolute Gasteiger partial charge is 0.151 e. The number of benzene rings is 1. The SMILES string of the molecule is CC(C(N)c1ccc(Br)cc1)S(C)(=O)=O. The molecule has 15 heavy (non-hydrogen) atoms. The molecule has 0 aromatic heterocycles. The second-order valence-electron chi connectivity index (χ2n) is 3.61. The summed E-state index contributed by atoms with van der Waals surface area (Å²) in [4.78, 5) is 0. The number of sulfone groups is 1. The number of hydrogen-bond acceptors (Lipinski definition) is 3. The van der Waals surface area contributed by atoms with Gasteiger partial charge < -0.3 is 5.73 Å². The van der Waals surface area contributed by atoms with Crippen molar-refractivity contribution in [1.29, 1.82) is 0 Å². The van der Waals surface area contributed by atoms with Crippen LogP contribution in [0.1, 0.15) is 18.5 Å². The van der Waals surface area contributed by atoms with Gasteiger partial charge in [-0.15, -0.1) is 0 Å². The zero-order valence-corrected chi connectivity index (χ0v) is 11.0. The van der Waals surface area contributed by atoms with Crippen LogP contribution in [-0.2, 0) is 9.84 Å². The molecule has 0 fully saturated rings. The van der Waals surface area contributed by atoms with Crippen molar-refractivity contribution in [3.8, 4) is 0 Å². The molecule has 2 unspecified atom stereocenters. The molecule has 0 heterocycles. The van der Waals surface area contributed by atoms with Crippen molar-refractivity contribution < 1.29 is 8.42 Å². The third-order valence-electron chi connectivity index (χ3n) is 2.44. The third-order valence-corrected chi connectivity index (χ3v) is 4.61. The normalized spacial score (nSPS) is 16.0. The molecule has 0 radical (unpaired) electrons. The van der Waals surface area contributed by atoms with Crippen LogP contribution in [0.2, 0.25) is 0 Å². The van der Waals surface area contributed by atoms with Crippen LogP contribution in [0.5, 0.6) is 0 Å². The topological polar surface area (TPSA) is 60.2 Å². The molecule has 84 valence electrons. The molecule has 0 saturated heterocycles. The molecule has 0 bridgehead atoms. The molecule has 5 heteroatoms.